The molecule has 0 fully saturated rings. The molecule has 0 saturated heterocycles. The van der Waals surface area contributed by atoms with Gasteiger partial charge in [-0.15, -0.1) is 12.4 Å². The molecule has 0 aliphatic heterocycles. The second-order valence-corrected chi connectivity index (χ2v) is 0.455. The molecule has 0 aromatic heterocycles. The Morgan fingerprint density at radius 1 is 1.60 bits per heavy atom. The molecule has 34 valence electrons. The van der Waals surface area contributed by atoms with Crippen molar-refractivity contribution in [3.05, 3.63) is 0 Å². The summed E-state index contributed by atoms with van der Waals surface area (Å²) in [6, 6.07) is 0. The minimum Gasteiger partial charge on any atom is -0.370 e. The van der Waals surface area contributed by atoms with Crippen LogP contribution in [-0.2, 0) is 0 Å². The molecule has 5 heavy (non-hydrogen) atoms. The van der Waals surface area contributed by atoms with Crippen molar-refractivity contribution in [1.29, 1.82) is 5.41 Å². The van der Waals surface area contributed by atoms with E-state index in [2.05, 4.69) is 11.5 Å². The van der Waals surface area contributed by atoms with E-state index in [1.54, 1.807) is 0 Å². The van der Waals surface area contributed by atoms with E-state index in [9.17, 15) is 0 Å². The van der Waals surface area contributed by atoms with Crippen molar-refractivity contribution in [2.24, 2.45) is 11.5 Å². The first-order valence-corrected chi connectivity index (χ1v) is 0.827. The fraction of sp³-hybridized carbons (Fsp3) is 0. The van der Waals surface area contributed by atoms with Gasteiger partial charge in [0.15, 0.2) is 5.96 Å². The van der Waals surface area contributed by atoms with Crippen molar-refractivity contribution in [3.63, 3.8) is 0 Å². The van der Waals surface area contributed by atoms with Crippen molar-refractivity contribution in [3.8, 4) is 0 Å². The second kappa shape index (κ2) is 3.56. The van der Waals surface area contributed by atoms with Gasteiger partial charge in [-0.25, -0.2) is 0 Å². The van der Waals surface area contributed by atoms with Crippen LogP contribution in [0.25, 0.3) is 0 Å². The van der Waals surface area contributed by atoms with Gasteiger partial charge < -0.3 is 11.5 Å². The summed E-state index contributed by atoms with van der Waals surface area (Å²) >= 11 is 0. The fourth-order valence-corrected chi connectivity index (χ4v) is 0. The fourth-order valence-electron chi connectivity index (χ4n) is 0. The predicted octanol–water partition coefficient (Wildman–Crippen LogP) is -0.494. The number of guanidine groups is 1. The summed E-state index contributed by atoms with van der Waals surface area (Å²) in [5.41, 5.74) is 8.94. The highest BCUT2D eigenvalue weighted by molar-refractivity contribution is 5.85. The third-order valence-electron chi connectivity index (χ3n) is 0. The Balaban J connectivity index is -0.0000000450. The van der Waals surface area contributed by atoms with E-state index < -0.39 is 0 Å². The largest absolute Gasteiger partial charge is 0.370 e. The Bertz CT molecular complexity index is 33.8. The molecular weight excluding hydrogens is 89.5 g/mol. The van der Waals surface area contributed by atoms with Crippen LogP contribution in [0, 0.1) is 5.41 Å². The van der Waals surface area contributed by atoms with Crippen molar-refractivity contribution in [2.45, 2.75) is 0 Å². The van der Waals surface area contributed by atoms with Crippen molar-refractivity contribution >= 4 is 18.4 Å². The molecule has 4 heteroatoms. The summed E-state index contributed by atoms with van der Waals surface area (Å²) in [6.45, 7) is 0. The number of nitrogens with two attached hydrogens (primary N) is 2. The number of rotatable bonds is 0. The predicted molar refractivity (Wildman–Crippen MR) is 25.5 cm³/mol. The molecule has 0 saturated carbocycles. The second-order valence-electron chi connectivity index (χ2n) is 0.455. The molecule has 0 bridgehead atoms. The SMILES string of the molecule is Cl.N=C(N)N.[HH]. The van der Waals surface area contributed by atoms with E-state index in [0.29, 0.717) is 0 Å². The van der Waals surface area contributed by atoms with Crippen LogP contribution in [0.15, 0.2) is 0 Å². The maximum Gasteiger partial charge on any atom is 0.183 e. The van der Waals surface area contributed by atoms with Gasteiger partial charge >= 0.3 is 0 Å². The first-order valence-electron chi connectivity index (χ1n) is 0.827. The number of hydrogen-bond donors (Lipinski definition) is 3. The van der Waals surface area contributed by atoms with Crippen LogP contribution in [0.1, 0.15) is 1.43 Å². The average molecular weight is 97.5 g/mol. The lowest BCUT2D eigenvalue weighted by molar-refractivity contribution is 1.39. The molecule has 5 N–H and O–H groups in total. The van der Waals surface area contributed by atoms with Crippen molar-refractivity contribution < 1.29 is 1.43 Å². The van der Waals surface area contributed by atoms with Gasteiger partial charge in [-0.05, 0) is 0 Å². The number of halogens is 1. The third kappa shape index (κ3) is 44.8. The minimum atomic E-state index is -0.333. The molecule has 0 amide bonds. The molecule has 0 unspecified atom stereocenters. The lowest BCUT2D eigenvalue weighted by Gasteiger charge is -1.69. The lowest BCUT2D eigenvalue weighted by Crippen LogP contribution is -2.20. The zero-order valence-electron chi connectivity index (χ0n) is 2.56. The maximum absolute atomic E-state index is 6.06. The smallest absolute Gasteiger partial charge is 0.183 e. The summed E-state index contributed by atoms with van der Waals surface area (Å²) in [5, 5.41) is 6.06. The van der Waals surface area contributed by atoms with Crippen LogP contribution in [-0.4, -0.2) is 5.96 Å². The molecular formula is CH8ClN3. The van der Waals surface area contributed by atoms with Gasteiger partial charge in [0.25, 0.3) is 0 Å². The Morgan fingerprint density at radius 3 is 1.60 bits per heavy atom. The summed E-state index contributed by atoms with van der Waals surface area (Å²) in [7, 11) is 0. The van der Waals surface area contributed by atoms with E-state index in [4.69, 9.17) is 5.41 Å². The van der Waals surface area contributed by atoms with Gasteiger partial charge in [0.1, 0.15) is 0 Å². The van der Waals surface area contributed by atoms with Crippen LogP contribution in [0.3, 0.4) is 0 Å². The van der Waals surface area contributed by atoms with Crippen molar-refractivity contribution in [2.75, 3.05) is 0 Å². The van der Waals surface area contributed by atoms with Crippen LogP contribution in [0.4, 0.5) is 0 Å². The zero-order chi connectivity index (χ0) is 3.58. The van der Waals surface area contributed by atoms with E-state index in [-0.39, 0.29) is 19.8 Å². The topological polar surface area (TPSA) is 75.9 Å². The van der Waals surface area contributed by atoms with Gasteiger partial charge in [0.2, 0.25) is 0 Å². The Hall–Kier alpha value is -0.440. The van der Waals surface area contributed by atoms with Crippen LogP contribution >= 0.6 is 12.4 Å². The Kier molecular flexibility index (Phi) is 6.28. The molecule has 0 aromatic carbocycles. The Morgan fingerprint density at radius 2 is 1.60 bits per heavy atom. The summed E-state index contributed by atoms with van der Waals surface area (Å²) in [4.78, 5) is 0. The monoisotopic (exact) mass is 97.0 g/mol. The van der Waals surface area contributed by atoms with Crippen molar-refractivity contribution in [1.82, 2.24) is 0 Å². The Labute approximate surface area is 37.7 Å². The number of nitrogens with one attached hydrogen (secondary N) is 1. The maximum atomic E-state index is 6.06. The van der Waals surface area contributed by atoms with E-state index >= 15 is 0 Å². The first-order chi connectivity index (χ1) is 1.73. The highest BCUT2D eigenvalue weighted by atomic mass is 35.5. The minimum absolute atomic E-state index is 0. The van der Waals surface area contributed by atoms with Gasteiger partial charge in [-0.2, -0.15) is 0 Å². The van der Waals surface area contributed by atoms with E-state index in [1.165, 1.54) is 0 Å². The van der Waals surface area contributed by atoms with E-state index in [0.717, 1.165) is 0 Å². The third-order valence-corrected chi connectivity index (χ3v) is 0. The van der Waals surface area contributed by atoms with E-state index in [1.807, 2.05) is 0 Å². The quantitative estimate of drug-likeness (QED) is 0.282. The zero-order valence-corrected chi connectivity index (χ0v) is 3.38. The molecule has 0 atom stereocenters. The van der Waals surface area contributed by atoms with Gasteiger partial charge in [0, 0.05) is 1.43 Å². The molecule has 0 aliphatic rings. The first kappa shape index (κ1) is 8.82. The average Bonchev–Trinajstić information content (AvgIpc) is 0.811. The molecule has 0 aromatic rings. The molecule has 0 aliphatic carbocycles. The summed E-state index contributed by atoms with van der Waals surface area (Å²) in [5.74, 6) is -0.333. The summed E-state index contributed by atoms with van der Waals surface area (Å²) < 4.78 is 0. The van der Waals surface area contributed by atoms with Crippen LogP contribution in [0.5, 0.6) is 0 Å². The molecule has 0 spiro atoms. The molecule has 0 rings (SSSR count). The highest BCUT2D eigenvalue weighted by Gasteiger charge is 1.52. The van der Waals surface area contributed by atoms with Gasteiger partial charge in [0.05, 0.1) is 0 Å². The normalized spacial score (nSPS) is 4.80. The molecule has 3 nitrogen and oxygen atoms in total. The number of hydrogen-bond acceptors (Lipinski definition) is 1. The van der Waals surface area contributed by atoms with Crippen LogP contribution < -0.4 is 11.5 Å². The van der Waals surface area contributed by atoms with Gasteiger partial charge in [-0.3, -0.25) is 5.41 Å². The standard InChI is InChI=1S/CH5N3.ClH.H2/c2-1(3)4;;/h(H5,2,3,4);2*1H. The molecule has 0 heterocycles. The van der Waals surface area contributed by atoms with Gasteiger partial charge in [-0.1, -0.05) is 0 Å². The molecule has 0 radical (unpaired) electrons. The summed E-state index contributed by atoms with van der Waals surface area (Å²) in [6.07, 6.45) is 0. The van der Waals surface area contributed by atoms with Crippen LogP contribution in [0.2, 0.25) is 0 Å². The lowest BCUT2D eigenvalue weighted by atomic mass is 11.1. The highest BCUT2D eigenvalue weighted by Crippen LogP contribution is 1.13.